The minimum absolute atomic E-state index is 0.813. The lowest BCUT2D eigenvalue weighted by atomic mass is 9.86. The molecule has 0 bridgehead atoms. The number of rotatable bonds is 23. The van der Waals surface area contributed by atoms with Gasteiger partial charge in [-0.05, 0) is 136 Å². The number of allylic oxidation sites excluding steroid dienone is 5. The van der Waals surface area contributed by atoms with Gasteiger partial charge in [0.15, 0.2) is 0 Å². The summed E-state index contributed by atoms with van der Waals surface area (Å²) >= 11 is 0. The standard InChI is InChI=1S/C46H69N/c1-5-7-8-9-10-11-12-13-14-15-16-17-18-19-20-22-25-38(3)32-45-44(35-43-33-39(4)42(6-2)36-46(43)45)34-40-28-30-47(31-29-40)37-41-26-23-21-24-27-41/h17-18,21,23-24,26-27,33,36,40H,3,5-16,19-20,22,25,28-32,34-35,37H2,1-2,4H3/b18-17+. The van der Waals surface area contributed by atoms with Crippen LogP contribution >= 0.6 is 0 Å². The van der Waals surface area contributed by atoms with Crippen LogP contribution in [0.1, 0.15) is 164 Å². The number of likely N-dealkylation sites (tertiary alicyclic amines) is 1. The highest BCUT2D eigenvalue weighted by molar-refractivity contribution is 5.78. The number of benzene rings is 2. The van der Waals surface area contributed by atoms with Gasteiger partial charge >= 0.3 is 0 Å². The topological polar surface area (TPSA) is 3.24 Å². The first kappa shape index (κ1) is 37.4. The van der Waals surface area contributed by atoms with Gasteiger partial charge in [-0.3, -0.25) is 4.90 Å². The van der Waals surface area contributed by atoms with E-state index in [1.54, 1.807) is 22.3 Å². The smallest absolute Gasteiger partial charge is 0.0233 e. The number of nitrogens with zero attached hydrogens (tertiary/aromatic N) is 1. The van der Waals surface area contributed by atoms with Crippen LogP contribution in [0.25, 0.3) is 5.57 Å². The highest BCUT2D eigenvalue weighted by Crippen LogP contribution is 2.42. The van der Waals surface area contributed by atoms with Gasteiger partial charge in [0.25, 0.3) is 0 Å². The zero-order valence-corrected chi connectivity index (χ0v) is 30.9. The third kappa shape index (κ3) is 13.2. The number of hydrogen-bond acceptors (Lipinski definition) is 1. The monoisotopic (exact) mass is 636 g/mol. The second-order valence-corrected chi connectivity index (χ2v) is 15.1. The number of fused-ring (bicyclic) bond motifs is 1. The molecule has 1 saturated heterocycles. The molecule has 258 valence electrons. The number of aryl methyl sites for hydroxylation is 2. The van der Waals surface area contributed by atoms with Crippen molar-refractivity contribution in [3.63, 3.8) is 0 Å². The predicted octanol–water partition coefficient (Wildman–Crippen LogP) is 13.5. The van der Waals surface area contributed by atoms with Crippen molar-refractivity contribution >= 4 is 5.57 Å². The SMILES string of the molecule is C=C(CCCC/C=C/CCCCCCCCCCCC)CC1=C(CC2CCN(Cc3ccccc3)CC2)Cc2cc(C)c(CC)cc21. The van der Waals surface area contributed by atoms with E-state index in [2.05, 4.69) is 86.9 Å². The molecule has 1 fully saturated rings. The van der Waals surface area contributed by atoms with Crippen LogP contribution in [0.2, 0.25) is 0 Å². The molecule has 0 unspecified atom stereocenters. The van der Waals surface area contributed by atoms with Crippen molar-refractivity contribution in [3.05, 3.63) is 100 Å². The van der Waals surface area contributed by atoms with Gasteiger partial charge < -0.3 is 0 Å². The Bertz CT molecular complexity index is 1240. The van der Waals surface area contributed by atoms with Crippen molar-refractivity contribution in [2.24, 2.45) is 5.92 Å². The van der Waals surface area contributed by atoms with Crippen molar-refractivity contribution < 1.29 is 0 Å². The fourth-order valence-electron chi connectivity index (χ4n) is 8.06. The maximum atomic E-state index is 4.63. The first-order valence-electron chi connectivity index (χ1n) is 20.0. The van der Waals surface area contributed by atoms with Gasteiger partial charge in [-0.2, -0.15) is 0 Å². The molecule has 2 aromatic carbocycles. The Morgan fingerprint density at radius 2 is 1.45 bits per heavy atom. The van der Waals surface area contributed by atoms with Crippen LogP contribution in [0.5, 0.6) is 0 Å². The summed E-state index contributed by atoms with van der Waals surface area (Å²) < 4.78 is 0. The van der Waals surface area contributed by atoms with E-state index < -0.39 is 0 Å². The molecule has 1 nitrogen and oxygen atoms in total. The predicted molar refractivity (Wildman–Crippen MR) is 208 cm³/mol. The van der Waals surface area contributed by atoms with Gasteiger partial charge in [0.05, 0.1) is 0 Å². The molecule has 2 aliphatic rings. The van der Waals surface area contributed by atoms with Gasteiger partial charge in [-0.15, -0.1) is 0 Å². The summed E-state index contributed by atoms with van der Waals surface area (Å²) in [6.45, 7) is 15.1. The molecule has 4 rings (SSSR count). The molecule has 1 heteroatoms. The average molecular weight is 636 g/mol. The summed E-state index contributed by atoms with van der Waals surface area (Å²) in [6.07, 6.45) is 32.6. The van der Waals surface area contributed by atoms with Crippen molar-refractivity contribution in [3.8, 4) is 0 Å². The normalized spacial score (nSPS) is 15.6. The van der Waals surface area contributed by atoms with Crippen LogP contribution in [-0.2, 0) is 19.4 Å². The number of unbranched alkanes of at least 4 members (excludes halogenated alkanes) is 12. The van der Waals surface area contributed by atoms with Crippen molar-refractivity contribution in [2.45, 2.75) is 162 Å². The molecule has 0 atom stereocenters. The molecule has 47 heavy (non-hydrogen) atoms. The largest absolute Gasteiger partial charge is 0.299 e. The molecule has 2 aromatic rings. The summed E-state index contributed by atoms with van der Waals surface area (Å²) in [4.78, 5) is 2.66. The van der Waals surface area contributed by atoms with Gasteiger partial charge in [0, 0.05) is 6.54 Å². The molecule has 1 heterocycles. The van der Waals surface area contributed by atoms with Crippen LogP contribution in [-0.4, -0.2) is 18.0 Å². The molecule has 0 amide bonds. The van der Waals surface area contributed by atoms with Crippen LogP contribution < -0.4 is 0 Å². The molecule has 1 aliphatic carbocycles. The Balaban J connectivity index is 1.17. The van der Waals surface area contributed by atoms with Crippen LogP contribution in [0, 0.1) is 12.8 Å². The van der Waals surface area contributed by atoms with Crippen molar-refractivity contribution in [1.29, 1.82) is 0 Å². The zero-order chi connectivity index (χ0) is 33.1. The highest BCUT2D eigenvalue weighted by atomic mass is 15.1. The first-order valence-corrected chi connectivity index (χ1v) is 20.0. The molecule has 0 radical (unpaired) electrons. The summed E-state index contributed by atoms with van der Waals surface area (Å²) in [5.74, 6) is 0.813. The molecule has 0 spiro atoms. The lowest BCUT2D eigenvalue weighted by Gasteiger charge is -2.32. The molecule has 0 saturated carbocycles. The second kappa shape index (κ2) is 21.6. The minimum Gasteiger partial charge on any atom is -0.299 e. The second-order valence-electron chi connectivity index (χ2n) is 15.1. The van der Waals surface area contributed by atoms with Gasteiger partial charge in [-0.1, -0.05) is 144 Å². The highest BCUT2D eigenvalue weighted by Gasteiger charge is 2.27. The first-order chi connectivity index (χ1) is 23.1. The van der Waals surface area contributed by atoms with E-state index in [0.717, 1.165) is 31.7 Å². The molecular formula is C46H69N. The Labute approximate surface area is 291 Å². The number of hydrogen-bond donors (Lipinski definition) is 0. The molecule has 1 aliphatic heterocycles. The zero-order valence-electron chi connectivity index (χ0n) is 30.9. The van der Waals surface area contributed by atoms with E-state index in [-0.39, 0.29) is 0 Å². The van der Waals surface area contributed by atoms with Crippen LogP contribution in [0.15, 0.2) is 72.3 Å². The van der Waals surface area contributed by atoms with Crippen LogP contribution in [0.4, 0.5) is 0 Å². The molecular weight excluding hydrogens is 567 g/mol. The average Bonchev–Trinajstić information content (AvgIpc) is 3.40. The van der Waals surface area contributed by atoms with E-state index in [4.69, 9.17) is 0 Å². The lowest BCUT2D eigenvalue weighted by Crippen LogP contribution is -2.33. The van der Waals surface area contributed by atoms with E-state index in [0.29, 0.717) is 0 Å². The molecule has 0 N–H and O–H groups in total. The lowest BCUT2D eigenvalue weighted by molar-refractivity contribution is 0.177. The Morgan fingerprint density at radius 1 is 0.809 bits per heavy atom. The van der Waals surface area contributed by atoms with Crippen molar-refractivity contribution in [2.75, 3.05) is 13.1 Å². The van der Waals surface area contributed by atoms with E-state index >= 15 is 0 Å². The van der Waals surface area contributed by atoms with E-state index in [9.17, 15) is 0 Å². The third-order valence-electron chi connectivity index (χ3n) is 11.1. The van der Waals surface area contributed by atoms with Gasteiger partial charge in [0.2, 0.25) is 0 Å². The Morgan fingerprint density at radius 3 is 2.11 bits per heavy atom. The van der Waals surface area contributed by atoms with Crippen molar-refractivity contribution in [1.82, 2.24) is 4.90 Å². The summed E-state index contributed by atoms with van der Waals surface area (Å²) in [7, 11) is 0. The summed E-state index contributed by atoms with van der Waals surface area (Å²) in [5.41, 5.74) is 12.4. The third-order valence-corrected chi connectivity index (χ3v) is 11.1. The maximum Gasteiger partial charge on any atom is 0.0233 e. The van der Waals surface area contributed by atoms with Crippen LogP contribution in [0.3, 0.4) is 0 Å². The van der Waals surface area contributed by atoms with E-state index in [1.807, 2.05) is 0 Å². The molecule has 0 aromatic heterocycles. The fraction of sp³-hybridized carbons (Fsp3) is 0.609. The summed E-state index contributed by atoms with van der Waals surface area (Å²) in [6, 6.07) is 16.1. The van der Waals surface area contributed by atoms with Gasteiger partial charge in [0.1, 0.15) is 0 Å². The quantitative estimate of drug-likeness (QED) is 0.0867. The Hall–Kier alpha value is -2.38. The minimum atomic E-state index is 0.813. The Kier molecular flexibility index (Phi) is 17.2. The maximum absolute atomic E-state index is 4.63. The number of piperidine rings is 1. The van der Waals surface area contributed by atoms with Gasteiger partial charge in [-0.25, -0.2) is 0 Å². The fourth-order valence-corrected chi connectivity index (χ4v) is 8.06. The van der Waals surface area contributed by atoms with E-state index in [1.165, 1.54) is 151 Å². The summed E-state index contributed by atoms with van der Waals surface area (Å²) in [5, 5.41) is 0.